The van der Waals surface area contributed by atoms with Crippen molar-refractivity contribution in [1.29, 1.82) is 0 Å². The number of aromatic nitrogens is 2. The molecule has 1 N–H and O–H groups in total. The molecule has 0 aliphatic heterocycles. The lowest BCUT2D eigenvalue weighted by molar-refractivity contribution is 0.316. The van der Waals surface area contributed by atoms with Crippen LogP contribution in [0.3, 0.4) is 0 Å². The second-order valence-electron chi connectivity index (χ2n) is 7.31. The number of nitrogens with zero attached hydrogens (tertiary/aromatic N) is 4. The standard InChI is InChI=1S/C18H35N5O2S/c1-6-23(7-2)26(24,25)21(4)14-17-12-18(20-22(17)5)16-10-8-15(9-11-16)13-19-3/h12,15-16,19H,6-11,13-14H2,1-5H3. The van der Waals surface area contributed by atoms with Crippen molar-refractivity contribution in [3.63, 3.8) is 0 Å². The summed E-state index contributed by atoms with van der Waals surface area (Å²) in [5.41, 5.74) is 2.05. The molecule has 1 aromatic rings. The summed E-state index contributed by atoms with van der Waals surface area (Å²) in [5.74, 6) is 1.26. The molecule has 0 radical (unpaired) electrons. The lowest BCUT2D eigenvalue weighted by Gasteiger charge is -2.27. The summed E-state index contributed by atoms with van der Waals surface area (Å²) >= 11 is 0. The fourth-order valence-corrected chi connectivity index (χ4v) is 5.23. The van der Waals surface area contributed by atoms with Gasteiger partial charge in [-0.3, -0.25) is 4.68 Å². The Morgan fingerprint density at radius 2 is 1.85 bits per heavy atom. The molecule has 1 saturated carbocycles. The summed E-state index contributed by atoms with van der Waals surface area (Å²) in [4.78, 5) is 0. The van der Waals surface area contributed by atoms with E-state index in [1.54, 1.807) is 7.05 Å². The first-order valence-corrected chi connectivity index (χ1v) is 11.1. The smallest absolute Gasteiger partial charge is 0.282 e. The molecule has 7 nitrogen and oxygen atoms in total. The van der Waals surface area contributed by atoms with Crippen LogP contribution < -0.4 is 5.32 Å². The molecule has 0 aromatic carbocycles. The van der Waals surface area contributed by atoms with E-state index in [0.717, 1.165) is 36.7 Å². The van der Waals surface area contributed by atoms with Crippen LogP contribution in [-0.4, -0.2) is 60.5 Å². The highest BCUT2D eigenvalue weighted by Crippen LogP contribution is 2.35. The molecule has 1 aromatic heterocycles. The third kappa shape index (κ3) is 4.85. The van der Waals surface area contributed by atoms with E-state index in [0.29, 0.717) is 25.6 Å². The Balaban J connectivity index is 2.04. The Morgan fingerprint density at radius 1 is 1.23 bits per heavy atom. The second-order valence-corrected chi connectivity index (χ2v) is 9.34. The lowest BCUT2D eigenvalue weighted by Crippen LogP contribution is -2.41. The van der Waals surface area contributed by atoms with E-state index in [2.05, 4.69) is 11.4 Å². The van der Waals surface area contributed by atoms with E-state index in [4.69, 9.17) is 5.10 Å². The van der Waals surface area contributed by atoms with Crippen molar-refractivity contribution in [3.8, 4) is 0 Å². The van der Waals surface area contributed by atoms with Gasteiger partial charge in [-0.25, -0.2) is 0 Å². The first-order chi connectivity index (χ1) is 12.3. The van der Waals surface area contributed by atoms with Crippen LogP contribution in [0.15, 0.2) is 6.07 Å². The molecular weight excluding hydrogens is 350 g/mol. The van der Waals surface area contributed by atoms with E-state index in [-0.39, 0.29) is 0 Å². The van der Waals surface area contributed by atoms with Gasteiger partial charge in [-0.05, 0) is 51.3 Å². The highest BCUT2D eigenvalue weighted by atomic mass is 32.2. The Morgan fingerprint density at radius 3 is 2.38 bits per heavy atom. The van der Waals surface area contributed by atoms with E-state index in [9.17, 15) is 8.42 Å². The van der Waals surface area contributed by atoms with E-state index in [1.807, 2.05) is 32.6 Å². The lowest BCUT2D eigenvalue weighted by atomic mass is 9.80. The van der Waals surface area contributed by atoms with Gasteiger partial charge in [-0.1, -0.05) is 13.8 Å². The molecule has 1 aliphatic rings. The predicted octanol–water partition coefficient (Wildman–Crippen LogP) is 1.93. The molecule has 1 heterocycles. The molecule has 0 unspecified atom stereocenters. The van der Waals surface area contributed by atoms with Gasteiger partial charge in [0.25, 0.3) is 10.2 Å². The van der Waals surface area contributed by atoms with Crippen molar-refractivity contribution >= 4 is 10.2 Å². The number of hydrogen-bond acceptors (Lipinski definition) is 4. The molecular formula is C18H35N5O2S. The molecule has 2 rings (SSSR count). The minimum absolute atomic E-state index is 0.345. The van der Waals surface area contributed by atoms with Crippen LogP contribution >= 0.6 is 0 Å². The second kappa shape index (κ2) is 9.30. The van der Waals surface area contributed by atoms with E-state index in [1.165, 1.54) is 21.5 Å². The Labute approximate surface area is 158 Å². The van der Waals surface area contributed by atoms with Crippen LogP contribution in [0.1, 0.15) is 56.8 Å². The first kappa shape index (κ1) is 21.3. The van der Waals surface area contributed by atoms with Crippen molar-refractivity contribution < 1.29 is 8.42 Å². The number of aryl methyl sites for hydroxylation is 1. The van der Waals surface area contributed by atoms with E-state index >= 15 is 0 Å². The van der Waals surface area contributed by atoms with Crippen LogP contribution in [-0.2, 0) is 23.8 Å². The Bertz CT molecular complexity index is 661. The maximum atomic E-state index is 12.6. The topological polar surface area (TPSA) is 70.5 Å². The number of nitrogens with one attached hydrogen (secondary N) is 1. The van der Waals surface area contributed by atoms with Crippen LogP contribution in [0, 0.1) is 5.92 Å². The zero-order valence-electron chi connectivity index (χ0n) is 16.9. The summed E-state index contributed by atoms with van der Waals surface area (Å²) in [6.45, 7) is 6.12. The van der Waals surface area contributed by atoms with Gasteiger partial charge in [0.15, 0.2) is 0 Å². The highest BCUT2D eigenvalue weighted by molar-refractivity contribution is 7.86. The summed E-state index contributed by atoms with van der Waals surface area (Å²) in [5, 5.41) is 7.97. The quantitative estimate of drug-likeness (QED) is 0.705. The fraction of sp³-hybridized carbons (Fsp3) is 0.833. The maximum Gasteiger partial charge on any atom is 0.282 e. The zero-order valence-corrected chi connectivity index (χ0v) is 17.7. The maximum absolute atomic E-state index is 12.6. The summed E-state index contributed by atoms with van der Waals surface area (Å²) in [6, 6.07) is 2.09. The third-order valence-corrected chi connectivity index (χ3v) is 7.65. The van der Waals surface area contributed by atoms with Gasteiger partial charge in [0.05, 0.1) is 17.9 Å². The number of hydrogen-bond donors (Lipinski definition) is 1. The van der Waals surface area contributed by atoms with Gasteiger partial charge in [0.1, 0.15) is 0 Å². The van der Waals surface area contributed by atoms with Crippen molar-refractivity contribution in [2.45, 2.75) is 52.0 Å². The molecule has 150 valence electrons. The largest absolute Gasteiger partial charge is 0.319 e. The van der Waals surface area contributed by atoms with Crippen LogP contribution in [0.4, 0.5) is 0 Å². The van der Waals surface area contributed by atoms with E-state index < -0.39 is 10.2 Å². The van der Waals surface area contributed by atoms with Gasteiger partial charge < -0.3 is 5.32 Å². The molecule has 1 aliphatic carbocycles. The van der Waals surface area contributed by atoms with Gasteiger partial charge in [-0.15, -0.1) is 0 Å². The van der Waals surface area contributed by atoms with Crippen LogP contribution in [0.2, 0.25) is 0 Å². The van der Waals surface area contributed by atoms with Crippen LogP contribution in [0.25, 0.3) is 0 Å². The Hall–Kier alpha value is -0.960. The van der Waals surface area contributed by atoms with Gasteiger partial charge >= 0.3 is 0 Å². The molecule has 0 atom stereocenters. The molecule has 8 heteroatoms. The first-order valence-electron chi connectivity index (χ1n) is 9.72. The molecule has 0 bridgehead atoms. The van der Waals surface area contributed by atoms with Crippen LogP contribution in [0.5, 0.6) is 0 Å². The third-order valence-electron chi connectivity index (χ3n) is 5.56. The summed E-state index contributed by atoms with van der Waals surface area (Å²) in [7, 11) is 2.14. The zero-order chi connectivity index (χ0) is 19.3. The minimum atomic E-state index is -3.43. The molecule has 0 amide bonds. The van der Waals surface area contributed by atoms with Crippen molar-refractivity contribution in [2.24, 2.45) is 13.0 Å². The highest BCUT2D eigenvalue weighted by Gasteiger charge is 2.27. The van der Waals surface area contributed by atoms with Crippen molar-refractivity contribution in [1.82, 2.24) is 23.7 Å². The predicted molar refractivity (Wildman–Crippen MR) is 105 cm³/mol. The monoisotopic (exact) mass is 385 g/mol. The minimum Gasteiger partial charge on any atom is -0.319 e. The van der Waals surface area contributed by atoms with Gasteiger partial charge in [0, 0.05) is 33.1 Å². The van der Waals surface area contributed by atoms with Gasteiger partial charge in [-0.2, -0.15) is 22.1 Å². The molecule has 26 heavy (non-hydrogen) atoms. The molecule has 0 spiro atoms. The SMILES string of the molecule is CCN(CC)S(=O)(=O)N(C)Cc1cc(C2CCC(CNC)CC2)nn1C. The summed E-state index contributed by atoms with van der Waals surface area (Å²) < 4.78 is 30.0. The Kier molecular flexibility index (Phi) is 7.63. The normalized spacial score (nSPS) is 21.7. The average Bonchev–Trinajstić information content (AvgIpc) is 2.97. The van der Waals surface area contributed by atoms with Crippen molar-refractivity contribution in [2.75, 3.05) is 33.7 Å². The average molecular weight is 386 g/mol. The van der Waals surface area contributed by atoms with Gasteiger partial charge in [0.2, 0.25) is 0 Å². The fourth-order valence-electron chi connectivity index (χ4n) is 3.89. The molecule has 0 saturated heterocycles. The molecule has 1 fully saturated rings. The van der Waals surface area contributed by atoms with Crippen molar-refractivity contribution in [3.05, 3.63) is 17.5 Å². The number of rotatable bonds is 9. The summed E-state index contributed by atoms with van der Waals surface area (Å²) in [6.07, 6.45) is 4.79.